The standard InChI is InChI=1S/C25H46N4O8/c1-24(2,3)19-15-28(17-21(32)33)12-11-27(16-20(30)31)10-9-26(13-14-29(19)18-22(34)35)8-7-23(36)37-25(4,5)6/h19H,7-18H2,1-6H3,(H,30,31)(H,32,33)(H,34,35). The van der Waals surface area contributed by atoms with E-state index in [0.29, 0.717) is 52.4 Å². The molecule has 1 aliphatic rings. The summed E-state index contributed by atoms with van der Waals surface area (Å²) in [7, 11) is 0. The maximum absolute atomic E-state index is 12.3. The van der Waals surface area contributed by atoms with Crippen molar-refractivity contribution in [3.05, 3.63) is 0 Å². The highest BCUT2D eigenvalue weighted by molar-refractivity contribution is 5.70. The largest absolute Gasteiger partial charge is 0.480 e. The van der Waals surface area contributed by atoms with Crippen molar-refractivity contribution in [2.24, 2.45) is 5.41 Å². The van der Waals surface area contributed by atoms with Crippen LogP contribution in [0.2, 0.25) is 0 Å². The van der Waals surface area contributed by atoms with E-state index in [4.69, 9.17) is 4.74 Å². The Kier molecular flexibility index (Phi) is 12.9. The molecule has 0 aliphatic carbocycles. The Morgan fingerprint density at radius 2 is 1.16 bits per heavy atom. The molecule has 3 N–H and O–H groups in total. The van der Waals surface area contributed by atoms with Crippen LogP contribution in [0.1, 0.15) is 48.0 Å². The Balaban J connectivity index is 3.23. The Bertz CT molecular complexity index is 778. The van der Waals surface area contributed by atoms with Gasteiger partial charge in [0.25, 0.3) is 0 Å². The summed E-state index contributed by atoms with van der Waals surface area (Å²) in [6.07, 6.45) is 0.157. The van der Waals surface area contributed by atoms with Gasteiger partial charge < -0.3 is 25.0 Å². The first-order valence-corrected chi connectivity index (χ1v) is 12.7. The third kappa shape index (κ3) is 14.3. The van der Waals surface area contributed by atoms with Crippen LogP contribution in [0.3, 0.4) is 0 Å². The summed E-state index contributed by atoms with van der Waals surface area (Å²) in [6, 6.07) is -0.275. The van der Waals surface area contributed by atoms with Gasteiger partial charge in [0.05, 0.1) is 26.1 Å². The van der Waals surface area contributed by atoms with Gasteiger partial charge in [-0.25, -0.2) is 0 Å². The summed E-state index contributed by atoms with van der Waals surface area (Å²) in [5, 5.41) is 28.5. The van der Waals surface area contributed by atoms with Gasteiger partial charge in [-0.15, -0.1) is 0 Å². The first-order chi connectivity index (χ1) is 17.0. The molecule has 1 fully saturated rings. The van der Waals surface area contributed by atoms with Crippen LogP contribution < -0.4 is 0 Å². The zero-order valence-electron chi connectivity index (χ0n) is 23.2. The van der Waals surface area contributed by atoms with E-state index >= 15 is 0 Å². The molecule has 0 spiro atoms. The summed E-state index contributed by atoms with van der Waals surface area (Å²) in [4.78, 5) is 54.6. The second-order valence-corrected chi connectivity index (χ2v) is 11.7. The molecule has 37 heavy (non-hydrogen) atoms. The van der Waals surface area contributed by atoms with Crippen molar-refractivity contribution in [1.82, 2.24) is 19.6 Å². The smallest absolute Gasteiger partial charge is 0.317 e. The van der Waals surface area contributed by atoms with Crippen molar-refractivity contribution in [2.75, 3.05) is 72.0 Å². The molecule has 0 amide bonds. The molecule has 0 radical (unpaired) electrons. The second-order valence-electron chi connectivity index (χ2n) is 11.7. The van der Waals surface area contributed by atoms with Gasteiger partial charge in [-0.1, -0.05) is 20.8 Å². The van der Waals surface area contributed by atoms with Crippen LogP contribution in [-0.4, -0.2) is 142 Å². The predicted molar refractivity (Wildman–Crippen MR) is 138 cm³/mol. The van der Waals surface area contributed by atoms with Crippen molar-refractivity contribution in [3.63, 3.8) is 0 Å². The number of nitrogens with zero attached hydrogens (tertiary/aromatic N) is 4. The minimum Gasteiger partial charge on any atom is -0.480 e. The first-order valence-electron chi connectivity index (χ1n) is 12.7. The zero-order chi connectivity index (χ0) is 28.4. The van der Waals surface area contributed by atoms with Gasteiger partial charge >= 0.3 is 23.9 Å². The molecule has 1 unspecified atom stereocenters. The van der Waals surface area contributed by atoms with Gasteiger partial charge in [-0.3, -0.25) is 33.9 Å². The third-order valence-corrected chi connectivity index (χ3v) is 6.15. The van der Waals surface area contributed by atoms with Gasteiger partial charge in [-0.05, 0) is 26.2 Å². The molecule has 1 aliphatic heterocycles. The fourth-order valence-electron chi connectivity index (χ4n) is 4.40. The number of hydrogen-bond donors (Lipinski definition) is 3. The number of hydrogen-bond acceptors (Lipinski definition) is 9. The molecular weight excluding hydrogens is 484 g/mol. The number of ether oxygens (including phenoxy) is 1. The van der Waals surface area contributed by atoms with E-state index in [1.54, 1.807) is 30.6 Å². The van der Waals surface area contributed by atoms with Crippen LogP contribution in [0.4, 0.5) is 0 Å². The highest BCUT2D eigenvalue weighted by Crippen LogP contribution is 2.26. The normalized spacial score (nSPS) is 20.5. The molecule has 0 aromatic heterocycles. The van der Waals surface area contributed by atoms with E-state index in [1.807, 2.05) is 30.6 Å². The lowest BCUT2D eigenvalue weighted by Gasteiger charge is -2.43. The maximum atomic E-state index is 12.3. The van der Waals surface area contributed by atoms with Crippen LogP contribution in [0, 0.1) is 5.41 Å². The van der Waals surface area contributed by atoms with Gasteiger partial charge in [-0.2, -0.15) is 0 Å². The lowest BCUT2D eigenvalue weighted by Crippen LogP contribution is -2.56. The number of carboxylic acid groups (broad SMARTS) is 3. The fraction of sp³-hybridized carbons (Fsp3) is 0.840. The maximum Gasteiger partial charge on any atom is 0.317 e. The average molecular weight is 531 g/mol. The summed E-state index contributed by atoms with van der Waals surface area (Å²) in [5.74, 6) is -3.28. The van der Waals surface area contributed by atoms with Crippen LogP contribution in [0.25, 0.3) is 0 Å². The molecule has 1 atom stereocenters. The van der Waals surface area contributed by atoms with E-state index in [1.165, 1.54) is 0 Å². The lowest BCUT2D eigenvalue weighted by atomic mass is 9.85. The first kappa shape index (κ1) is 32.7. The number of aliphatic carboxylic acids is 3. The number of rotatable bonds is 9. The summed E-state index contributed by atoms with van der Waals surface area (Å²) < 4.78 is 5.42. The van der Waals surface area contributed by atoms with Crippen LogP contribution in [0.5, 0.6) is 0 Å². The van der Waals surface area contributed by atoms with Crippen LogP contribution in [0.15, 0.2) is 0 Å². The van der Waals surface area contributed by atoms with E-state index in [0.717, 1.165) is 0 Å². The Morgan fingerprint density at radius 1 is 0.703 bits per heavy atom. The number of carbonyl (C=O) groups is 4. The van der Waals surface area contributed by atoms with Crippen LogP contribution in [-0.2, 0) is 23.9 Å². The molecule has 0 saturated carbocycles. The third-order valence-electron chi connectivity index (χ3n) is 6.15. The Morgan fingerprint density at radius 3 is 1.65 bits per heavy atom. The minimum absolute atomic E-state index is 0.157. The molecule has 0 aromatic carbocycles. The molecule has 214 valence electrons. The number of esters is 1. The van der Waals surface area contributed by atoms with Crippen molar-refractivity contribution in [3.8, 4) is 0 Å². The molecule has 1 saturated heterocycles. The van der Waals surface area contributed by atoms with Gasteiger partial charge in [0.1, 0.15) is 5.60 Å². The second kappa shape index (κ2) is 14.6. The van der Waals surface area contributed by atoms with Gasteiger partial charge in [0.15, 0.2) is 0 Å². The van der Waals surface area contributed by atoms with E-state index < -0.39 is 23.5 Å². The predicted octanol–water partition coefficient (Wildman–Crippen LogP) is 0.608. The minimum atomic E-state index is -0.998. The van der Waals surface area contributed by atoms with Gasteiger partial charge in [0, 0.05) is 58.4 Å². The summed E-state index contributed by atoms with van der Waals surface area (Å²) >= 11 is 0. The highest BCUT2D eigenvalue weighted by atomic mass is 16.6. The van der Waals surface area contributed by atoms with Crippen LogP contribution >= 0.6 is 0 Å². The fourth-order valence-corrected chi connectivity index (χ4v) is 4.40. The number of carbonyl (C=O) groups excluding carboxylic acids is 1. The average Bonchev–Trinajstić information content (AvgIpc) is 2.69. The zero-order valence-corrected chi connectivity index (χ0v) is 23.2. The molecule has 0 bridgehead atoms. The summed E-state index contributed by atoms with van der Waals surface area (Å²) in [6.45, 7) is 13.9. The summed E-state index contributed by atoms with van der Waals surface area (Å²) in [5.41, 5.74) is -0.963. The molecule has 0 aromatic rings. The molecule has 12 nitrogen and oxygen atoms in total. The van der Waals surface area contributed by atoms with E-state index in [2.05, 4.69) is 0 Å². The van der Waals surface area contributed by atoms with E-state index in [-0.39, 0.29) is 43.5 Å². The monoisotopic (exact) mass is 530 g/mol. The SMILES string of the molecule is CC(C)(C)OC(=O)CCN1CCN(CC(=O)O)CCN(CC(=O)O)CC(C(C)(C)C)N(CC(=O)O)CC1. The van der Waals surface area contributed by atoms with Crippen molar-refractivity contribution >= 4 is 23.9 Å². The Labute approximate surface area is 220 Å². The highest BCUT2D eigenvalue weighted by Gasteiger charge is 2.34. The molecule has 1 heterocycles. The van der Waals surface area contributed by atoms with E-state index in [9.17, 15) is 34.5 Å². The van der Waals surface area contributed by atoms with Crippen molar-refractivity contribution in [2.45, 2.75) is 59.6 Å². The van der Waals surface area contributed by atoms with Gasteiger partial charge in [0.2, 0.25) is 0 Å². The Hall–Kier alpha value is -2.28. The number of carboxylic acids is 3. The molecule has 1 rings (SSSR count). The topological polar surface area (TPSA) is 151 Å². The molecular formula is C25H46N4O8. The van der Waals surface area contributed by atoms with Crippen molar-refractivity contribution in [1.29, 1.82) is 0 Å². The van der Waals surface area contributed by atoms with Crippen molar-refractivity contribution < 1.29 is 39.2 Å². The lowest BCUT2D eigenvalue weighted by molar-refractivity contribution is -0.155. The quantitative estimate of drug-likeness (QED) is 0.358. The molecule has 12 heteroatoms.